The minimum absolute atomic E-state index is 0.671. The summed E-state index contributed by atoms with van der Waals surface area (Å²) in [5, 5.41) is 3.68. The molecule has 2 fully saturated rings. The molecule has 0 saturated carbocycles. The Hall–Kier alpha value is -0.160. The van der Waals surface area contributed by atoms with Crippen LogP contribution in [0.2, 0.25) is 0 Å². The lowest BCUT2D eigenvalue weighted by molar-refractivity contribution is 0.0208. The second-order valence-corrected chi connectivity index (χ2v) is 6.05. The summed E-state index contributed by atoms with van der Waals surface area (Å²) in [7, 11) is 0. The van der Waals surface area contributed by atoms with Crippen LogP contribution in [0.15, 0.2) is 0 Å². The van der Waals surface area contributed by atoms with E-state index in [1.807, 2.05) is 0 Å². The predicted octanol–water partition coefficient (Wildman–Crippen LogP) is 1.17. The third kappa shape index (κ3) is 5.03. The molecular weight excluding hydrogens is 238 g/mol. The minimum atomic E-state index is 0.671. The molecule has 0 aliphatic carbocycles. The summed E-state index contributed by atoms with van der Waals surface area (Å²) < 4.78 is 5.42. The van der Waals surface area contributed by atoms with Crippen molar-refractivity contribution < 1.29 is 4.74 Å². The Balaban J connectivity index is 1.72. The lowest BCUT2D eigenvalue weighted by Crippen LogP contribution is -2.52. The zero-order valence-corrected chi connectivity index (χ0v) is 12.7. The summed E-state index contributed by atoms with van der Waals surface area (Å²) in [5.41, 5.74) is 0. The molecule has 4 heteroatoms. The van der Waals surface area contributed by atoms with Crippen LogP contribution in [0, 0.1) is 0 Å². The Labute approximate surface area is 118 Å². The first kappa shape index (κ1) is 15.2. The van der Waals surface area contributed by atoms with E-state index >= 15 is 0 Å². The molecule has 2 saturated heterocycles. The fourth-order valence-corrected chi connectivity index (χ4v) is 3.19. The van der Waals surface area contributed by atoms with Crippen molar-refractivity contribution in [2.75, 3.05) is 52.5 Å². The van der Waals surface area contributed by atoms with E-state index < -0.39 is 0 Å². The number of ether oxygens (including phenoxy) is 1. The number of hydrogen-bond acceptors (Lipinski definition) is 4. The van der Waals surface area contributed by atoms with Gasteiger partial charge in [-0.15, -0.1) is 0 Å². The van der Waals surface area contributed by atoms with Crippen molar-refractivity contribution in [3.05, 3.63) is 0 Å². The molecule has 2 aliphatic heterocycles. The number of piperidine rings is 1. The summed E-state index contributed by atoms with van der Waals surface area (Å²) in [6, 6.07) is 1.38. The van der Waals surface area contributed by atoms with Crippen molar-refractivity contribution in [1.82, 2.24) is 15.1 Å². The van der Waals surface area contributed by atoms with Gasteiger partial charge >= 0.3 is 0 Å². The molecule has 2 atom stereocenters. The van der Waals surface area contributed by atoms with E-state index in [2.05, 4.69) is 29.0 Å². The molecule has 2 unspecified atom stereocenters. The van der Waals surface area contributed by atoms with Gasteiger partial charge in [-0.25, -0.2) is 0 Å². The molecule has 0 aromatic carbocycles. The van der Waals surface area contributed by atoms with Crippen LogP contribution in [-0.4, -0.2) is 74.4 Å². The largest absolute Gasteiger partial charge is 0.379 e. The number of likely N-dealkylation sites (tertiary alicyclic amines) is 1. The van der Waals surface area contributed by atoms with Gasteiger partial charge in [-0.3, -0.25) is 9.80 Å². The number of rotatable bonds is 6. The van der Waals surface area contributed by atoms with Crippen LogP contribution < -0.4 is 5.32 Å². The molecular formula is C15H31N3O. The van der Waals surface area contributed by atoms with E-state index in [1.165, 1.54) is 38.9 Å². The molecule has 0 radical (unpaired) electrons. The Kier molecular flexibility index (Phi) is 6.57. The average Bonchev–Trinajstić information content (AvgIpc) is 2.46. The van der Waals surface area contributed by atoms with Crippen molar-refractivity contribution in [2.45, 2.75) is 45.2 Å². The van der Waals surface area contributed by atoms with E-state index in [9.17, 15) is 0 Å². The maximum absolute atomic E-state index is 5.42. The lowest BCUT2D eigenvalue weighted by atomic mass is 10.0. The van der Waals surface area contributed by atoms with Crippen LogP contribution in [-0.2, 0) is 4.74 Å². The summed E-state index contributed by atoms with van der Waals surface area (Å²) >= 11 is 0. The summed E-state index contributed by atoms with van der Waals surface area (Å²) in [5.74, 6) is 0. The van der Waals surface area contributed by atoms with Gasteiger partial charge in [-0.1, -0.05) is 6.92 Å². The fraction of sp³-hybridized carbons (Fsp3) is 1.00. The third-order valence-electron chi connectivity index (χ3n) is 4.39. The SMILES string of the molecule is CCCNC1CCCN(C(C)CN2CCOCC2)C1. The first-order chi connectivity index (χ1) is 9.29. The predicted molar refractivity (Wildman–Crippen MR) is 79.6 cm³/mol. The summed E-state index contributed by atoms with van der Waals surface area (Å²) in [4.78, 5) is 5.23. The lowest BCUT2D eigenvalue weighted by Gasteiger charge is -2.39. The Morgan fingerprint density at radius 1 is 1.26 bits per heavy atom. The standard InChI is InChI=1S/C15H31N3O/c1-3-6-16-15-5-4-7-18(13-15)14(2)12-17-8-10-19-11-9-17/h14-16H,3-13H2,1-2H3. The maximum Gasteiger partial charge on any atom is 0.0594 e. The Morgan fingerprint density at radius 3 is 2.79 bits per heavy atom. The van der Waals surface area contributed by atoms with Gasteiger partial charge in [0.2, 0.25) is 0 Å². The average molecular weight is 269 g/mol. The highest BCUT2D eigenvalue weighted by atomic mass is 16.5. The Bertz CT molecular complexity index is 244. The smallest absolute Gasteiger partial charge is 0.0594 e. The van der Waals surface area contributed by atoms with E-state index in [0.29, 0.717) is 12.1 Å². The number of morpholine rings is 1. The number of hydrogen-bond donors (Lipinski definition) is 1. The van der Waals surface area contributed by atoms with Gasteiger partial charge in [0.15, 0.2) is 0 Å². The quantitative estimate of drug-likeness (QED) is 0.783. The highest BCUT2D eigenvalue weighted by molar-refractivity contribution is 4.82. The third-order valence-corrected chi connectivity index (χ3v) is 4.39. The summed E-state index contributed by atoms with van der Waals surface area (Å²) in [6.07, 6.45) is 3.93. The monoisotopic (exact) mass is 269 g/mol. The van der Waals surface area contributed by atoms with Crippen molar-refractivity contribution in [1.29, 1.82) is 0 Å². The first-order valence-corrected chi connectivity index (χ1v) is 8.07. The molecule has 0 spiro atoms. The molecule has 1 N–H and O–H groups in total. The van der Waals surface area contributed by atoms with E-state index in [0.717, 1.165) is 32.8 Å². The van der Waals surface area contributed by atoms with Gasteiger partial charge in [-0.2, -0.15) is 0 Å². The van der Waals surface area contributed by atoms with Gasteiger partial charge in [0.1, 0.15) is 0 Å². The highest BCUT2D eigenvalue weighted by Gasteiger charge is 2.24. The van der Waals surface area contributed by atoms with E-state index in [1.54, 1.807) is 0 Å². The van der Waals surface area contributed by atoms with Crippen LogP contribution in [0.3, 0.4) is 0 Å². The van der Waals surface area contributed by atoms with Gasteiger partial charge in [0, 0.05) is 38.3 Å². The van der Waals surface area contributed by atoms with Gasteiger partial charge in [0.05, 0.1) is 13.2 Å². The van der Waals surface area contributed by atoms with Crippen molar-refractivity contribution in [3.8, 4) is 0 Å². The topological polar surface area (TPSA) is 27.7 Å². The Morgan fingerprint density at radius 2 is 2.05 bits per heavy atom. The zero-order valence-electron chi connectivity index (χ0n) is 12.7. The molecule has 2 aliphatic rings. The maximum atomic E-state index is 5.42. The molecule has 19 heavy (non-hydrogen) atoms. The first-order valence-electron chi connectivity index (χ1n) is 8.07. The van der Waals surface area contributed by atoms with Crippen molar-refractivity contribution >= 4 is 0 Å². The van der Waals surface area contributed by atoms with Crippen molar-refractivity contribution in [2.24, 2.45) is 0 Å². The molecule has 2 heterocycles. The number of nitrogens with one attached hydrogen (secondary N) is 1. The zero-order chi connectivity index (χ0) is 13.5. The van der Waals surface area contributed by atoms with Gasteiger partial charge in [-0.05, 0) is 39.3 Å². The number of nitrogens with zero attached hydrogens (tertiary/aromatic N) is 2. The second kappa shape index (κ2) is 8.20. The van der Waals surface area contributed by atoms with Crippen LogP contribution in [0.5, 0.6) is 0 Å². The fourth-order valence-electron chi connectivity index (χ4n) is 3.19. The van der Waals surface area contributed by atoms with E-state index in [-0.39, 0.29) is 0 Å². The summed E-state index contributed by atoms with van der Waals surface area (Å²) in [6.45, 7) is 13.5. The van der Waals surface area contributed by atoms with Crippen LogP contribution in [0.25, 0.3) is 0 Å². The highest BCUT2D eigenvalue weighted by Crippen LogP contribution is 2.14. The van der Waals surface area contributed by atoms with Crippen LogP contribution in [0.1, 0.15) is 33.1 Å². The molecule has 0 amide bonds. The van der Waals surface area contributed by atoms with Crippen molar-refractivity contribution in [3.63, 3.8) is 0 Å². The molecule has 112 valence electrons. The molecule has 2 rings (SSSR count). The second-order valence-electron chi connectivity index (χ2n) is 6.05. The van der Waals surface area contributed by atoms with Crippen LogP contribution >= 0.6 is 0 Å². The molecule has 0 aromatic heterocycles. The molecule has 0 aromatic rings. The van der Waals surface area contributed by atoms with Crippen LogP contribution in [0.4, 0.5) is 0 Å². The van der Waals surface area contributed by atoms with Gasteiger partial charge in [0.25, 0.3) is 0 Å². The normalized spacial score (nSPS) is 28.4. The van der Waals surface area contributed by atoms with E-state index in [4.69, 9.17) is 4.74 Å². The molecule has 0 bridgehead atoms. The molecule has 4 nitrogen and oxygen atoms in total. The van der Waals surface area contributed by atoms with Gasteiger partial charge < -0.3 is 10.1 Å². The minimum Gasteiger partial charge on any atom is -0.379 e.